The van der Waals surface area contributed by atoms with Crippen molar-refractivity contribution >= 4 is 11.9 Å². The molecule has 0 rings (SSSR count). The number of nitrogens with two attached hydrogens (primary N) is 1. The lowest BCUT2D eigenvalue weighted by Crippen LogP contribution is -2.67. The van der Waals surface area contributed by atoms with Gasteiger partial charge in [-0.1, -0.05) is 0 Å². The maximum atomic E-state index is 11.1. The highest BCUT2D eigenvalue weighted by Gasteiger charge is 2.22. The summed E-state index contributed by atoms with van der Waals surface area (Å²) in [4.78, 5) is 21.7. The van der Waals surface area contributed by atoms with Gasteiger partial charge in [0.2, 0.25) is 0 Å². The Balaban J connectivity index is 3.96. The standard InChI is InChI=1S/C8H16N2O3/c1-8(2,3)13-6(11)4-5(9)7(10)12/h5H,4,9H2,1-3H3,(H2,10,12)/p+1/t5-/m0/s1. The number of carbonyl (C=O) groups is 2. The highest BCUT2D eigenvalue weighted by atomic mass is 16.6. The van der Waals surface area contributed by atoms with Gasteiger partial charge in [0, 0.05) is 0 Å². The van der Waals surface area contributed by atoms with Crippen LogP contribution in [0.3, 0.4) is 0 Å². The van der Waals surface area contributed by atoms with E-state index in [2.05, 4.69) is 5.73 Å². The Bertz CT molecular complexity index is 208. The number of hydrogen-bond acceptors (Lipinski definition) is 3. The number of amides is 1. The minimum absolute atomic E-state index is 0.0629. The van der Waals surface area contributed by atoms with Crippen LogP contribution in [-0.4, -0.2) is 23.5 Å². The number of ether oxygens (including phenoxy) is 1. The van der Waals surface area contributed by atoms with Crippen LogP contribution >= 0.6 is 0 Å². The van der Waals surface area contributed by atoms with Gasteiger partial charge < -0.3 is 16.2 Å². The average molecular weight is 189 g/mol. The molecule has 0 aliphatic heterocycles. The van der Waals surface area contributed by atoms with Gasteiger partial charge in [0.1, 0.15) is 12.0 Å². The molecule has 0 aromatic heterocycles. The average Bonchev–Trinajstić information content (AvgIpc) is 1.81. The van der Waals surface area contributed by atoms with Gasteiger partial charge >= 0.3 is 5.97 Å². The summed E-state index contributed by atoms with van der Waals surface area (Å²) < 4.78 is 4.97. The Morgan fingerprint density at radius 2 is 1.92 bits per heavy atom. The van der Waals surface area contributed by atoms with Gasteiger partial charge in [-0.15, -0.1) is 0 Å². The number of hydrogen-bond donors (Lipinski definition) is 2. The molecule has 0 saturated carbocycles. The van der Waals surface area contributed by atoms with Crippen LogP contribution in [0.2, 0.25) is 0 Å². The predicted octanol–water partition coefficient (Wildman–Crippen LogP) is -1.19. The van der Waals surface area contributed by atoms with Gasteiger partial charge in [-0.25, -0.2) is 0 Å². The van der Waals surface area contributed by atoms with Gasteiger partial charge in [-0.2, -0.15) is 0 Å². The molecule has 5 heteroatoms. The second-order valence-electron chi connectivity index (χ2n) is 3.89. The lowest BCUT2D eigenvalue weighted by atomic mass is 10.1. The van der Waals surface area contributed by atoms with Crippen molar-refractivity contribution in [2.75, 3.05) is 0 Å². The van der Waals surface area contributed by atoms with Crippen LogP contribution in [-0.2, 0) is 14.3 Å². The van der Waals surface area contributed by atoms with Crippen LogP contribution in [0.4, 0.5) is 0 Å². The van der Waals surface area contributed by atoms with E-state index < -0.39 is 23.5 Å². The number of primary amides is 1. The molecule has 0 radical (unpaired) electrons. The molecule has 1 amide bonds. The van der Waals surface area contributed by atoms with E-state index in [1.807, 2.05) is 0 Å². The van der Waals surface area contributed by atoms with E-state index in [9.17, 15) is 9.59 Å². The molecule has 13 heavy (non-hydrogen) atoms. The SMILES string of the molecule is CC(C)(C)OC(=O)C[C@H]([NH3+])C(N)=O. The summed E-state index contributed by atoms with van der Waals surface area (Å²) in [6.45, 7) is 5.27. The summed E-state index contributed by atoms with van der Waals surface area (Å²) in [6.07, 6.45) is -0.0629. The Morgan fingerprint density at radius 1 is 1.46 bits per heavy atom. The van der Waals surface area contributed by atoms with E-state index in [0.717, 1.165) is 0 Å². The van der Waals surface area contributed by atoms with Gasteiger partial charge in [0.05, 0.1) is 0 Å². The zero-order chi connectivity index (χ0) is 10.6. The Labute approximate surface area is 77.4 Å². The molecule has 0 unspecified atom stereocenters. The molecule has 0 spiro atoms. The first kappa shape index (κ1) is 11.9. The van der Waals surface area contributed by atoms with E-state index >= 15 is 0 Å². The largest absolute Gasteiger partial charge is 0.460 e. The zero-order valence-corrected chi connectivity index (χ0v) is 8.29. The van der Waals surface area contributed by atoms with Crippen molar-refractivity contribution in [3.63, 3.8) is 0 Å². The fraction of sp³-hybridized carbons (Fsp3) is 0.750. The van der Waals surface area contributed by atoms with E-state index in [0.29, 0.717) is 0 Å². The van der Waals surface area contributed by atoms with Crippen molar-refractivity contribution < 1.29 is 20.1 Å². The molecular formula is C8H17N2O3+. The van der Waals surface area contributed by atoms with Crippen molar-refractivity contribution in [2.45, 2.75) is 38.8 Å². The maximum Gasteiger partial charge on any atom is 0.312 e. The molecule has 76 valence electrons. The van der Waals surface area contributed by atoms with E-state index in [1.165, 1.54) is 0 Å². The van der Waals surface area contributed by atoms with Gasteiger partial charge in [0.25, 0.3) is 5.91 Å². The summed E-state index contributed by atoms with van der Waals surface area (Å²) in [6, 6.07) is -0.713. The summed E-state index contributed by atoms with van der Waals surface area (Å²) in [5.74, 6) is -1.04. The van der Waals surface area contributed by atoms with Crippen LogP contribution in [0.25, 0.3) is 0 Å². The summed E-state index contributed by atoms with van der Waals surface area (Å²) >= 11 is 0. The highest BCUT2D eigenvalue weighted by molar-refractivity contribution is 5.83. The third kappa shape index (κ3) is 6.10. The number of esters is 1. The van der Waals surface area contributed by atoms with Crippen molar-refractivity contribution in [3.05, 3.63) is 0 Å². The lowest BCUT2D eigenvalue weighted by molar-refractivity contribution is -0.402. The number of quaternary nitrogens is 1. The van der Waals surface area contributed by atoms with Crippen LogP contribution in [0.1, 0.15) is 27.2 Å². The molecule has 0 aromatic rings. The normalized spacial score (nSPS) is 13.5. The molecule has 1 atom stereocenters. The van der Waals surface area contributed by atoms with Gasteiger partial charge in [-0.05, 0) is 20.8 Å². The van der Waals surface area contributed by atoms with Gasteiger partial charge in [-0.3, -0.25) is 9.59 Å². The zero-order valence-electron chi connectivity index (χ0n) is 8.29. The topological polar surface area (TPSA) is 97.0 Å². The smallest absolute Gasteiger partial charge is 0.312 e. The minimum Gasteiger partial charge on any atom is -0.460 e. The highest BCUT2D eigenvalue weighted by Crippen LogP contribution is 2.08. The van der Waals surface area contributed by atoms with Crippen LogP contribution < -0.4 is 11.5 Å². The third-order valence-electron chi connectivity index (χ3n) is 1.24. The minimum atomic E-state index is -0.713. The fourth-order valence-electron chi connectivity index (χ4n) is 0.685. The molecule has 0 aliphatic rings. The summed E-state index contributed by atoms with van der Waals surface area (Å²) in [5.41, 5.74) is 7.84. The molecule has 0 fully saturated rings. The molecule has 5 N–H and O–H groups in total. The summed E-state index contributed by atoms with van der Waals surface area (Å²) in [5, 5.41) is 0. The molecular weight excluding hydrogens is 172 g/mol. The van der Waals surface area contributed by atoms with E-state index in [-0.39, 0.29) is 6.42 Å². The molecule has 0 bridgehead atoms. The number of rotatable bonds is 3. The van der Waals surface area contributed by atoms with Crippen molar-refractivity contribution in [1.82, 2.24) is 0 Å². The first-order valence-electron chi connectivity index (χ1n) is 4.06. The molecule has 0 heterocycles. The second-order valence-corrected chi connectivity index (χ2v) is 3.89. The van der Waals surface area contributed by atoms with E-state index in [4.69, 9.17) is 10.5 Å². The van der Waals surface area contributed by atoms with Crippen LogP contribution in [0, 0.1) is 0 Å². The van der Waals surface area contributed by atoms with Crippen LogP contribution in [0.15, 0.2) is 0 Å². The quantitative estimate of drug-likeness (QED) is 0.546. The Kier molecular flexibility index (Phi) is 3.87. The Morgan fingerprint density at radius 3 is 2.23 bits per heavy atom. The Hall–Kier alpha value is -1.10. The molecule has 0 aromatic carbocycles. The molecule has 5 nitrogen and oxygen atoms in total. The van der Waals surface area contributed by atoms with E-state index in [1.54, 1.807) is 20.8 Å². The maximum absolute atomic E-state index is 11.1. The lowest BCUT2D eigenvalue weighted by Gasteiger charge is -2.19. The third-order valence-corrected chi connectivity index (χ3v) is 1.24. The van der Waals surface area contributed by atoms with Crippen molar-refractivity contribution in [3.8, 4) is 0 Å². The predicted molar refractivity (Wildman–Crippen MR) is 46.3 cm³/mol. The first-order chi connectivity index (χ1) is 5.72. The number of carbonyl (C=O) groups excluding carboxylic acids is 2. The van der Waals surface area contributed by atoms with Crippen molar-refractivity contribution in [1.29, 1.82) is 0 Å². The second kappa shape index (κ2) is 4.23. The molecule has 0 aliphatic carbocycles. The van der Waals surface area contributed by atoms with Gasteiger partial charge in [0.15, 0.2) is 6.04 Å². The summed E-state index contributed by atoms with van der Waals surface area (Å²) in [7, 11) is 0. The van der Waals surface area contributed by atoms with Crippen LogP contribution in [0.5, 0.6) is 0 Å². The molecule has 0 saturated heterocycles. The monoisotopic (exact) mass is 189 g/mol. The van der Waals surface area contributed by atoms with Crippen molar-refractivity contribution in [2.24, 2.45) is 5.73 Å². The first-order valence-corrected chi connectivity index (χ1v) is 4.06. The fourth-order valence-corrected chi connectivity index (χ4v) is 0.685.